The normalized spacial score (nSPS) is 11.7. The van der Waals surface area contributed by atoms with E-state index in [4.69, 9.17) is 29.9 Å². The maximum absolute atomic E-state index is 5.06. The van der Waals surface area contributed by atoms with E-state index in [-0.39, 0.29) is 0 Å². The topological polar surface area (TPSA) is 97.1 Å². The molecule has 24 aromatic rings. The van der Waals surface area contributed by atoms with E-state index >= 15 is 0 Å². The maximum Gasteiger partial charge on any atom is 0.164 e. The van der Waals surface area contributed by atoms with Crippen LogP contribution in [0.2, 0.25) is 0 Å². The molecule has 0 unspecified atom stereocenters. The Balaban J connectivity index is 0.000000140. The second-order valence-corrected chi connectivity index (χ2v) is 30.6. The standard InChI is InChI=1S/2C55H35N5/c2*1-3-14-37(15-4-1)53-56-54(58-55(57-53)42-24-23-36-13-7-8-16-39(36)33-42)38-25-29-44(30-26-38)60-50-22-12-10-20-46(50)48-35-41(28-32-52(48)60)40-27-31-51-47(34-40)45-19-9-11-21-49(45)59(51)43-17-5-2-6-18-43/h2*1-35H. The van der Waals surface area contributed by atoms with Gasteiger partial charge in [0, 0.05) is 99.2 Å². The van der Waals surface area contributed by atoms with Gasteiger partial charge in [0.05, 0.1) is 44.1 Å². The van der Waals surface area contributed by atoms with Crippen molar-refractivity contribution in [1.82, 2.24) is 48.2 Å². The van der Waals surface area contributed by atoms with Gasteiger partial charge in [0.2, 0.25) is 0 Å². The van der Waals surface area contributed by atoms with E-state index in [0.717, 1.165) is 89.0 Å². The monoisotopic (exact) mass is 1530 g/mol. The summed E-state index contributed by atoms with van der Waals surface area (Å²) in [4.78, 5) is 30.1. The number of nitrogens with zero attached hydrogens (tertiary/aromatic N) is 10. The minimum Gasteiger partial charge on any atom is -0.309 e. The van der Waals surface area contributed by atoms with Gasteiger partial charge in [-0.25, -0.2) is 29.9 Å². The van der Waals surface area contributed by atoms with Gasteiger partial charge in [-0.3, -0.25) is 0 Å². The van der Waals surface area contributed by atoms with Crippen LogP contribution in [-0.4, -0.2) is 48.2 Å². The van der Waals surface area contributed by atoms with Gasteiger partial charge in [0.1, 0.15) is 0 Å². The van der Waals surface area contributed by atoms with Crippen LogP contribution in [0.3, 0.4) is 0 Å². The fourth-order valence-corrected chi connectivity index (χ4v) is 17.8. The quantitative estimate of drug-likeness (QED) is 0.121. The van der Waals surface area contributed by atoms with Crippen molar-refractivity contribution in [3.8, 4) is 113 Å². The van der Waals surface area contributed by atoms with Gasteiger partial charge in [-0.2, -0.15) is 0 Å². The van der Waals surface area contributed by atoms with Gasteiger partial charge in [-0.15, -0.1) is 0 Å². The van der Waals surface area contributed by atoms with Crippen LogP contribution < -0.4 is 0 Å². The molecule has 0 saturated heterocycles. The molecule has 0 aliphatic heterocycles. The Morgan fingerprint density at radius 1 is 0.125 bits per heavy atom. The third-order valence-electron chi connectivity index (χ3n) is 23.5. The molecule has 18 aromatic carbocycles. The molecule has 10 heteroatoms. The number of para-hydroxylation sites is 6. The molecule has 0 atom stereocenters. The van der Waals surface area contributed by atoms with Crippen molar-refractivity contribution in [2.24, 2.45) is 0 Å². The summed E-state index contributed by atoms with van der Waals surface area (Å²) in [6.45, 7) is 0. The number of rotatable bonds is 12. The van der Waals surface area contributed by atoms with Gasteiger partial charge in [-0.05, 0) is 202 Å². The molecule has 0 spiro atoms. The highest BCUT2D eigenvalue weighted by Gasteiger charge is 2.22. The molecule has 0 aliphatic rings. The first-order chi connectivity index (χ1) is 59.5. The Morgan fingerprint density at radius 2 is 0.333 bits per heavy atom. The second kappa shape index (κ2) is 28.9. The second-order valence-electron chi connectivity index (χ2n) is 30.6. The summed E-state index contributed by atoms with van der Waals surface area (Å²) >= 11 is 0. The summed E-state index contributed by atoms with van der Waals surface area (Å²) in [5.74, 6) is 3.85. The predicted molar refractivity (Wildman–Crippen MR) is 496 cm³/mol. The fraction of sp³-hybridized carbons (Fsp3) is 0. The molecule has 0 radical (unpaired) electrons. The molecule has 0 bridgehead atoms. The summed E-state index contributed by atoms with van der Waals surface area (Å²) < 4.78 is 9.45. The Labute approximate surface area is 690 Å². The van der Waals surface area contributed by atoms with Crippen molar-refractivity contribution in [3.05, 3.63) is 425 Å². The van der Waals surface area contributed by atoms with Crippen LogP contribution in [0.4, 0.5) is 0 Å². The van der Waals surface area contributed by atoms with Crippen molar-refractivity contribution < 1.29 is 0 Å². The van der Waals surface area contributed by atoms with Crippen molar-refractivity contribution >= 4 is 109 Å². The first kappa shape index (κ1) is 69.2. The minimum atomic E-state index is 0.634. The number of fused-ring (bicyclic) bond motifs is 14. The summed E-state index contributed by atoms with van der Waals surface area (Å²) in [6, 6.07) is 150. The zero-order valence-corrected chi connectivity index (χ0v) is 64.9. The first-order valence-corrected chi connectivity index (χ1v) is 40.5. The van der Waals surface area contributed by atoms with Crippen LogP contribution in [0.15, 0.2) is 425 Å². The molecule has 0 N–H and O–H groups in total. The van der Waals surface area contributed by atoms with Gasteiger partial charge >= 0.3 is 0 Å². The molecule has 560 valence electrons. The van der Waals surface area contributed by atoms with E-state index < -0.39 is 0 Å². The highest BCUT2D eigenvalue weighted by atomic mass is 15.1. The summed E-state index contributed by atoms with van der Waals surface area (Å²) in [5, 5.41) is 14.5. The average molecular weight is 1530 g/mol. The molecule has 24 rings (SSSR count). The van der Waals surface area contributed by atoms with Gasteiger partial charge in [0.15, 0.2) is 34.9 Å². The number of benzene rings is 18. The van der Waals surface area contributed by atoms with E-state index in [2.05, 4.69) is 382 Å². The Bertz CT molecular complexity index is 7650. The molecule has 0 fully saturated rings. The van der Waals surface area contributed by atoms with Crippen molar-refractivity contribution in [1.29, 1.82) is 0 Å². The van der Waals surface area contributed by atoms with Crippen LogP contribution >= 0.6 is 0 Å². The minimum absolute atomic E-state index is 0.634. The Hall–Kier alpha value is -16.3. The molecule has 10 nitrogen and oxygen atoms in total. The fourth-order valence-electron chi connectivity index (χ4n) is 17.8. The van der Waals surface area contributed by atoms with Crippen LogP contribution in [0.5, 0.6) is 0 Å². The van der Waals surface area contributed by atoms with Crippen LogP contribution in [0.1, 0.15) is 0 Å². The predicted octanol–water partition coefficient (Wildman–Crippen LogP) is 27.8. The average Bonchev–Trinajstić information content (AvgIpc) is 1.93. The molecule has 0 aliphatic carbocycles. The zero-order valence-electron chi connectivity index (χ0n) is 64.9. The molecular weight excluding hydrogens is 1460 g/mol. The lowest BCUT2D eigenvalue weighted by Crippen LogP contribution is -2.00. The van der Waals surface area contributed by atoms with E-state index in [1.807, 2.05) is 60.7 Å². The number of hydrogen-bond donors (Lipinski definition) is 0. The van der Waals surface area contributed by atoms with Gasteiger partial charge in [-0.1, -0.05) is 267 Å². The largest absolute Gasteiger partial charge is 0.309 e. The third-order valence-corrected chi connectivity index (χ3v) is 23.5. The lowest BCUT2D eigenvalue weighted by molar-refractivity contribution is 1.07. The van der Waals surface area contributed by atoms with Gasteiger partial charge in [0.25, 0.3) is 0 Å². The first-order valence-electron chi connectivity index (χ1n) is 40.5. The van der Waals surface area contributed by atoms with E-state index in [1.54, 1.807) is 0 Å². The highest BCUT2D eigenvalue weighted by Crippen LogP contribution is 2.43. The smallest absolute Gasteiger partial charge is 0.164 e. The van der Waals surface area contributed by atoms with Crippen molar-refractivity contribution in [2.75, 3.05) is 0 Å². The van der Waals surface area contributed by atoms with Crippen LogP contribution in [0.25, 0.3) is 222 Å². The Kier molecular flexibility index (Phi) is 16.7. The molecule has 6 aromatic heterocycles. The summed E-state index contributed by atoms with van der Waals surface area (Å²) in [6.07, 6.45) is 0. The lowest BCUT2D eigenvalue weighted by Gasteiger charge is -2.11. The Morgan fingerprint density at radius 3 is 0.633 bits per heavy atom. The zero-order chi connectivity index (χ0) is 79.1. The van der Waals surface area contributed by atoms with Crippen LogP contribution in [0, 0.1) is 0 Å². The lowest BCUT2D eigenvalue weighted by atomic mass is 10.0. The van der Waals surface area contributed by atoms with E-state index in [1.165, 1.54) is 98.2 Å². The summed E-state index contributed by atoms with van der Waals surface area (Å²) in [5.41, 5.74) is 24.3. The number of aromatic nitrogens is 10. The van der Waals surface area contributed by atoms with Crippen molar-refractivity contribution in [3.63, 3.8) is 0 Å². The van der Waals surface area contributed by atoms with E-state index in [0.29, 0.717) is 34.9 Å². The SMILES string of the molecule is c1ccc(-c2nc(-c3ccc(-n4c5ccccc5c5cc(-c6ccc7c(c6)c6ccccc6n7-c6ccccc6)ccc54)cc3)nc(-c3ccc4ccccc4c3)n2)cc1.c1ccc(-c2nc(-c3ccc(-n4c5ccccc5c5cc(-c6ccc7c(c6)c6ccccc6n7-c6ccccc6)ccc54)cc3)nc(-c3ccc4ccccc4c3)n2)cc1. The third kappa shape index (κ3) is 12.1. The molecule has 0 saturated carbocycles. The van der Waals surface area contributed by atoms with Crippen LogP contribution in [-0.2, 0) is 0 Å². The molecular formula is C110H70N10. The maximum atomic E-state index is 5.06. The van der Waals surface area contributed by atoms with Gasteiger partial charge < -0.3 is 18.3 Å². The molecule has 6 heterocycles. The summed E-state index contributed by atoms with van der Waals surface area (Å²) in [7, 11) is 0. The molecule has 120 heavy (non-hydrogen) atoms. The molecule has 0 amide bonds. The van der Waals surface area contributed by atoms with E-state index in [9.17, 15) is 0 Å². The number of hydrogen-bond acceptors (Lipinski definition) is 6. The highest BCUT2D eigenvalue weighted by molar-refractivity contribution is 6.15. The van der Waals surface area contributed by atoms with Crippen molar-refractivity contribution in [2.45, 2.75) is 0 Å².